The number of hydrogen-bond acceptors (Lipinski definition) is 3. The molecule has 1 amide bonds. The highest BCUT2D eigenvalue weighted by molar-refractivity contribution is 5.76. The molecule has 2 atom stereocenters. The van der Waals surface area contributed by atoms with Gasteiger partial charge in [-0.1, -0.05) is 26.0 Å². The number of nitrogens with one attached hydrogen (secondary N) is 1. The van der Waals surface area contributed by atoms with E-state index in [0.29, 0.717) is 24.4 Å². The number of hydrogen-bond donors (Lipinski definition) is 2. The lowest BCUT2D eigenvalue weighted by molar-refractivity contribution is -0.122. The highest BCUT2D eigenvalue weighted by atomic mass is 16.1. The smallest absolute Gasteiger partial charge is 0.220 e. The maximum atomic E-state index is 12.1. The van der Waals surface area contributed by atoms with Crippen molar-refractivity contribution in [3.05, 3.63) is 35.4 Å². The lowest BCUT2D eigenvalue weighted by Gasteiger charge is -2.19. The SMILES string of the molecule is CC(C)CC(CN)CC(=O)NC(C)c1ccc(C#N)cc1. The average molecular weight is 287 g/mol. The molecule has 0 aliphatic heterocycles. The van der Waals surface area contributed by atoms with E-state index in [-0.39, 0.29) is 17.9 Å². The molecule has 114 valence electrons. The van der Waals surface area contributed by atoms with E-state index in [2.05, 4.69) is 25.2 Å². The molecule has 2 unspecified atom stereocenters. The van der Waals surface area contributed by atoms with Gasteiger partial charge in [0, 0.05) is 6.42 Å². The van der Waals surface area contributed by atoms with Crippen LogP contribution < -0.4 is 11.1 Å². The Morgan fingerprint density at radius 3 is 2.38 bits per heavy atom. The fraction of sp³-hybridized carbons (Fsp3) is 0.529. The first-order valence-electron chi connectivity index (χ1n) is 7.45. The van der Waals surface area contributed by atoms with Crippen molar-refractivity contribution in [3.63, 3.8) is 0 Å². The first-order valence-corrected chi connectivity index (χ1v) is 7.45. The molecule has 4 nitrogen and oxygen atoms in total. The third-order valence-electron chi connectivity index (χ3n) is 3.53. The molecule has 0 saturated carbocycles. The van der Waals surface area contributed by atoms with Crippen molar-refractivity contribution in [2.75, 3.05) is 6.54 Å². The first-order chi connectivity index (χ1) is 9.96. The van der Waals surface area contributed by atoms with E-state index < -0.39 is 0 Å². The second-order valence-electron chi connectivity index (χ2n) is 5.96. The van der Waals surface area contributed by atoms with E-state index in [1.807, 2.05) is 19.1 Å². The van der Waals surface area contributed by atoms with Gasteiger partial charge in [-0.05, 0) is 49.4 Å². The predicted octanol–water partition coefficient (Wildman–Crippen LogP) is 2.75. The van der Waals surface area contributed by atoms with Gasteiger partial charge in [-0.25, -0.2) is 0 Å². The molecule has 0 radical (unpaired) electrons. The summed E-state index contributed by atoms with van der Waals surface area (Å²) in [6.07, 6.45) is 1.43. The highest BCUT2D eigenvalue weighted by Crippen LogP contribution is 2.17. The molecular weight excluding hydrogens is 262 g/mol. The summed E-state index contributed by atoms with van der Waals surface area (Å²) in [5, 5.41) is 11.8. The van der Waals surface area contributed by atoms with Gasteiger partial charge in [0.15, 0.2) is 0 Å². The number of benzene rings is 1. The third-order valence-corrected chi connectivity index (χ3v) is 3.53. The number of nitriles is 1. The zero-order valence-corrected chi connectivity index (χ0v) is 13.1. The van der Waals surface area contributed by atoms with Gasteiger partial charge >= 0.3 is 0 Å². The molecular formula is C17H25N3O. The topological polar surface area (TPSA) is 78.9 Å². The normalized spacial score (nSPS) is 13.5. The van der Waals surface area contributed by atoms with Crippen LogP contribution in [-0.4, -0.2) is 12.5 Å². The van der Waals surface area contributed by atoms with Crippen molar-refractivity contribution < 1.29 is 4.79 Å². The van der Waals surface area contributed by atoms with Crippen molar-refractivity contribution in [1.29, 1.82) is 5.26 Å². The van der Waals surface area contributed by atoms with Gasteiger partial charge in [-0.3, -0.25) is 4.79 Å². The van der Waals surface area contributed by atoms with Gasteiger partial charge in [0.2, 0.25) is 5.91 Å². The van der Waals surface area contributed by atoms with E-state index in [1.54, 1.807) is 12.1 Å². The van der Waals surface area contributed by atoms with E-state index >= 15 is 0 Å². The van der Waals surface area contributed by atoms with Crippen LogP contribution in [0.3, 0.4) is 0 Å². The van der Waals surface area contributed by atoms with Gasteiger partial charge in [0.1, 0.15) is 0 Å². The monoisotopic (exact) mass is 287 g/mol. The standard InChI is InChI=1S/C17H25N3O/c1-12(2)8-15(11-19)9-17(21)20-13(3)16-6-4-14(10-18)5-7-16/h4-7,12-13,15H,8-9,11,19H2,1-3H3,(H,20,21). The molecule has 1 aromatic rings. The molecule has 0 saturated heterocycles. The van der Waals surface area contributed by atoms with E-state index in [0.717, 1.165) is 12.0 Å². The van der Waals surface area contributed by atoms with Crippen molar-refractivity contribution in [1.82, 2.24) is 5.32 Å². The van der Waals surface area contributed by atoms with Crippen LogP contribution in [0.2, 0.25) is 0 Å². The molecule has 21 heavy (non-hydrogen) atoms. The zero-order valence-electron chi connectivity index (χ0n) is 13.1. The minimum Gasteiger partial charge on any atom is -0.350 e. The second-order valence-corrected chi connectivity index (χ2v) is 5.96. The van der Waals surface area contributed by atoms with Crippen LogP contribution >= 0.6 is 0 Å². The second kappa shape index (κ2) is 8.43. The van der Waals surface area contributed by atoms with Gasteiger partial charge in [0.25, 0.3) is 0 Å². The maximum Gasteiger partial charge on any atom is 0.220 e. The lowest BCUT2D eigenvalue weighted by Crippen LogP contribution is -2.30. The van der Waals surface area contributed by atoms with Gasteiger partial charge in [0.05, 0.1) is 17.7 Å². The number of nitrogens with two attached hydrogens (primary N) is 1. The predicted molar refractivity (Wildman–Crippen MR) is 84.3 cm³/mol. The number of rotatable bonds is 7. The van der Waals surface area contributed by atoms with Crippen LogP contribution in [0.15, 0.2) is 24.3 Å². The maximum absolute atomic E-state index is 12.1. The minimum absolute atomic E-state index is 0.0305. The van der Waals surface area contributed by atoms with Gasteiger partial charge < -0.3 is 11.1 Å². The quantitative estimate of drug-likeness (QED) is 0.809. The Kier molecular flexibility index (Phi) is 6.90. The lowest BCUT2D eigenvalue weighted by atomic mass is 9.94. The summed E-state index contributed by atoms with van der Waals surface area (Å²) in [7, 11) is 0. The molecule has 0 spiro atoms. The van der Waals surface area contributed by atoms with Crippen molar-refractivity contribution in [2.45, 2.75) is 39.7 Å². The zero-order chi connectivity index (χ0) is 15.8. The van der Waals surface area contributed by atoms with Gasteiger partial charge in [-0.2, -0.15) is 5.26 Å². The Hall–Kier alpha value is -1.86. The van der Waals surface area contributed by atoms with Crippen LogP contribution in [0, 0.1) is 23.2 Å². The summed E-state index contributed by atoms with van der Waals surface area (Å²) in [6, 6.07) is 9.29. The van der Waals surface area contributed by atoms with Crippen LogP contribution in [0.1, 0.15) is 50.8 Å². The van der Waals surface area contributed by atoms with E-state index in [4.69, 9.17) is 11.0 Å². The number of carbonyl (C=O) groups excluding carboxylic acids is 1. The Labute approximate surface area is 127 Å². The van der Waals surface area contributed by atoms with Gasteiger partial charge in [-0.15, -0.1) is 0 Å². The molecule has 0 aliphatic rings. The minimum atomic E-state index is -0.0669. The first kappa shape index (κ1) is 17.2. The number of amides is 1. The Morgan fingerprint density at radius 1 is 1.29 bits per heavy atom. The fourth-order valence-electron chi connectivity index (χ4n) is 2.42. The summed E-state index contributed by atoms with van der Waals surface area (Å²) < 4.78 is 0. The van der Waals surface area contributed by atoms with E-state index in [1.165, 1.54) is 0 Å². The summed E-state index contributed by atoms with van der Waals surface area (Å²) in [5.41, 5.74) is 7.35. The van der Waals surface area contributed by atoms with Crippen LogP contribution in [-0.2, 0) is 4.79 Å². The van der Waals surface area contributed by atoms with Crippen LogP contribution in [0.4, 0.5) is 0 Å². The van der Waals surface area contributed by atoms with Crippen molar-refractivity contribution in [3.8, 4) is 6.07 Å². The molecule has 0 heterocycles. The highest BCUT2D eigenvalue weighted by Gasteiger charge is 2.16. The fourth-order valence-corrected chi connectivity index (χ4v) is 2.42. The summed E-state index contributed by atoms with van der Waals surface area (Å²) in [5.74, 6) is 0.809. The Balaban J connectivity index is 2.54. The Morgan fingerprint density at radius 2 is 1.90 bits per heavy atom. The molecule has 0 bridgehead atoms. The summed E-state index contributed by atoms with van der Waals surface area (Å²) in [6.45, 7) is 6.76. The molecule has 4 heteroatoms. The van der Waals surface area contributed by atoms with Crippen molar-refractivity contribution >= 4 is 5.91 Å². The molecule has 1 aromatic carbocycles. The number of nitrogens with zero attached hydrogens (tertiary/aromatic N) is 1. The number of carbonyl (C=O) groups is 1. The molecule has 1 rings (SSSR count). The summed E-state index contributed by atoms with van der Waals surface area (Å²) in [4.78, 5) is 12.1. The third kappa shape index (κ3) is 5.97. The average Bonchev–Trinajstić information content (AvgIpc) is 2.45. The van der Waals surface area contributed by atoms with Crippen LogP contribution in [0.5, 0.6) is 0 Å². The molecule has 0 aliphatic carbocycles. The Bertz CT molecular complexity index is 488. The van der Waals surface area contributed by atoms with E-state index in [9.17, 15) is 4.79 Å². The molecule has 0 fully saturated rings. The molecule has 0 aromatic heterocycles. The van der Waals surface area contributed by atoms with Crippen LogP contribution in [0.25, 0.3) is 0 Å². The summed E-state index contributed by atoms with van der Waals surface area (Å²) >= 11 is 0. The molecule has 3 N–H and O–H groups in total. The largest absolute Gasteiger partial charge is 0.350 e. The van der Waals surface area contributed by atoms with Crippen molar-refractivity contribution in [2.24, 2.45) is 17.6 Å².